The van der Waals surface area contributed by atoms with Gasteiger partial charge in [0.05, 0.1) is 29.5 Å². The number of amides is 2. The van der Waals surface area contributed by atoms with Crippen molar-refractivity contribution >= 4 is 28.5 Å². The molecule has 0 aromatic carbocycles. The fourth-order valence-corrected chi connectivity index (χ4v) is 4.71. The molecule has 0 radical (unpaired) electrons. The summed E-state index contributed by atoms with van der Waals surface area (Å²) in [7, 11) is 3.56. The summed E-state index contributed by atoms with van der Waals surface area (Å²) in [6.45, 7) is 9.00. The first-order valence-corrected chi connectivity index (χ1v) is 12.3. The largest absolute Gasteiger partial charge is 0.366 e. The molecule has 0 atom stereocenters. The molecule has 0 fully saturated rings. The third-order valence-electron chi connectivity index (χ3n) is 6.77. The minimum Gasteiger partial charge on any atom is -0.366 e. The lowest BCUT2D eigenvalue weighted by atomic mass is 10.0. The molecule has 3 aromatic heterocycles. The number of fused-ring (bicyclic) bond motifs is 2. The number of hydrogen-bond acceptors (Lipinski definition) is 6. The Morgan fingerprint density at radius 2 is 2.00 bits per heavy atom. The topological polar surface area (TPSA) is 101 Å². The maximum atomic E-state index is 11.9. The van der Waals surface area contributed by atoms with Crippen molar-refractivity contribution in [3.05, 3.63) is 34.9 Å². The summed E-state index contributed by atoms with van der Waals surface area (Å²) in [6, 6.07) is 2.16. The molecule has 2 amide bonds. The van der Waals surface area contributed by atoms with Crippen LogP contribution >= 0.6 is 0 Å². The fraction of sp³-hybridized carbons (Fsp3) is 0.560. The van der Waals surface area contributed by atoms with Gasteiger partial charge in [-0.25, -0.2) is 4.98 Å². The summed E-state index contributed by atoms with van der Waals surface area (Å²) in [5, 5.41) is 13.2. The summed E-state index contributed by atoms with van der Waals surface area (Å²) in [5.74, 6) is -0.223. The van der Waals surface area contributed by atoms with E-state index in [1.165, 1.54) is 28.8 Å². The molecule has 10 heteroatoms. The van der Waals surface area contributed by atoms with E-state index < -0.39 is 0 Å². The van der Waals surface area contributed by atoms with Crippen molar-refractivity contribution in [3.63, 3.8) is 0 Å². The normalized spacial score (nSPS) is 13.2. The number of nitrogens with zero attached hydrogens (tertiary/aromatic N) is 7. The highest BCUT2D eigenvalue weighted by molar-refractivity contribution is 5.89. The Labute approximate surface area is 206 Å². The molecule has 4 heterocycles. The molecule has 4 rings (SSSR count). The smallest absolute Gasteiger partial charge is 0.239 e. The first-order chi connectivity index (χ1) is 16.7. The lowest BCUT2D eigenvalue weighted by Gasteiger charge is -2.30. The van der Waals surface area contributed by atoms with Crippen molar-refractivity contribution in [2.24, 2.45) is 7.05 Å². The van der Waals surface area contributed by atoms with Crippen molar-refractivity contribution in [3.8, 4) is 0 Å². The van der Waals surface area contributed by atoms with Crippen molar-refractivity contribution < 1.29 is 9.59 Å². The van der Waals surface area contributed by atoms with Gasteiger partial charge < -0.3 is 15.1 Å². The number of aryl methyl sites for hydroxylation is 4. The van der Waals surface area contributed by atoms with Gasteiger partial charge in [0.2, 0.25) is 11.8 Å². The minimum atomic E-state index is -0.114. The number of likely N-dealkylation sites (N-methyl/N-ethyl adjacent to an activating group) is 1. The number of anilines is 1. The Hall–Kier alpha value is -3.43. The van der Waals surface area contributed by atoms with Gasteiger partial charge in [-0.15, -0.1) is 0 Å². The minimum absolute atomic E-state index is 0.108. The molecule has 0 spiro atoms. The van der Waals surface area contributed by atoms with E-state index in [2.05, 4.69) is 38.0 Å². The lowest BCUT2D eigenvalue weighted by Crippen LogP contribution is -2.37. The molecule has 0 saturated carbocycles. The highest BCUT2D eigenvalue weighted by Gasteiger charge is 2.25. The number of carbonyl (C=O) groups excluding carboxylic acids is 2. The van der Waals surface area contributed by atoms with Crippen LogP contribution in [-0.2, 0) is 36.1 Å². The van der Waals surface area contributed by atoms with Crippen LogP contribution < -0.4 is 10.2 Å². The van der Waals surface area contributed by atoms with E-state index in [9.17, 15) is 9.59 Å². The van der Waals surface area contributed by atoms with Gasteiger partial charge in [0.25, 0.3) is 0 Å². The first kappa shape index (κ1) is 24.7. The average Bonchev–Trinajstić information content (AvgIpc) is 3.34. The fourth-order valence-electron chi connectivity index (χ4n) is 4.71. The van der Waals surface area contributed by atoms with Crippen LogP contribution in [-0.4, -0.2) is 67.9 Å². The lowest BCUT2D eigenvalue weighted by molar-refractivity contribution is -0.133. The zero-order valence-electron chi connectivity index (χ0n) is 21.5. The number of aromatic nitrogens is 5. The van der Waals surface area contributed by atoms with E-state index >= 15 is 0 Å². The Bertz CT molecular complexity index is 1230. The van der Waals surface area contributed by atoms with Crippen LogP contribution in [0.2, 0.25) is 0 Å². The summed E-state index contributed by atoms with van der Waals surface area (Å²) in [4.78, 5) is 31.6. The van der Waals surface area contributed by atoms with Crippen LogP contribution in [0.15, 0.2) is 12.3 Å². The molecular formula is C25H36N8O2. The molecule has 1 N–H and O–H groups in total. The van der Waals surface area contributed by atoms with E-state index in [-0.39, 0.29) is 18.4 Å². The molecule has 3 aromatic rings. The predicted molar refractivity (Wildman–Crippen MR) is 135 cm³/mol. The number of hydrogen-bond donors (Lipinski definition) is 1. The monoisotopic (exact) mass is 480 g/mol. The van der Waals surface area contributed by atoms with Crippen LogP contribution in [0.4, 0.5) is 5.69 Å². The molecule has 0 unspecified atom stereocenters. The number of carbonyl (C=O) groups is 2. The van der Waals surface area contributed by atoms with Crippen molar-refractivity contribution in [1.29, 1.82) is 0 Å². The van der Waals surface area contributed by atoms with Crippen molar-refractivity contribution in [2.75, 3.05) is 31.6 Å². The van der Waals surface area contributed by atoms with Crippen molar-refractivity contribution in [2.45, 2.75) is 59.5 Å². The molecule has 35 heavy (non-hydrogen) atoms. The second kappa shape index (κ2) is 10.5. The summed E-state index contributed by atoms with van der Waals surface area (Å²) >= 11 is 0. The van der Waals surface area contributed by atoms with Crippen LogP contribution in [0, 0.1) is 13.8 Å². The Morgan fingerprint density at radius 3 is 2.77 bits per heavy atom. The maximum Gasteiger partial charge on any atom is 0.239 e. The Kier molecular flexibility index (Phi) is 7.37. The zero-order valence-corrected chi connectivity index (χ0v) is 21.5. The predicted octanol–water partition coefficient (Wildman–Crippen LogP) is 2.11. The third kappa shape index (κ3) is 5.47. The molecule has 0 saturated heterocycles. The van der Waals surface area contributed by atoms with Gasteiger partial charge in [-0.2, -0.15) is 10.2 Å². The number of unbranched alkanes of at least 4 members (excludes halogenated alkanes) is 2. The quantitative estimate of drug-likeness (QED) is 0.471. The third-order valence-corrected chi connectivity index (χ3v) is 6.77. The van der Waals surface area contributed by atoms with E-state index in [0.717, 1.165) is 67.7 Å². The Morgan fingerprint density at radius 1 is 1.20 bits per heavy atom. The Balaban J connectivity index is 1.31. The highest BCUT2D eigenvalue weighted by Crippen LogP contribution is 2.32. The van der Waals surface area contributed by atoms with E-state index in [1.807, 2.05) is 24.9 Å². The van der Waals surface area contributed by atoms with Gasteiger partial charge in [0, 0.05) is 70.6 Å². The van der Waals surface area contributed by atoms with Crippen molar-refractivity contribution in [1.82, 2.24) is 34.8 Å². The molecule has 1 aliphatic rings. The molecule has 1 aliphatic heterocycles. The second-order valence-electron chi connectivity index (χ2n) is 9.48. The van der Waals surface area contributed by atoms with Crippen LogP contribution in [0.25, 0.3) is 11.0 Å². The number of nitrogens with one attached hydrogen (secondary N) is 1. The first-order valence-electron chi connectivity index (χ1n) is 12.3. The number of rotatable bonds is 9. The van der Waals surface area contributed by atoms with Gasteiger partial charge in [-0.1, -0.05) is 0 Å². The molecule has 0 aliphatic carbocycles. The zero-order chi connectivity index (χ0) is 25.1. The highest BCUT2D eigenvalue weighted by atomic mass is 16.2. The van der Waals surface area contributed by atoms with E-state index in [0.29, 0.717) is 6.54 Å². The molecule has 0 bridgehead atoms. The van der Waals surface area contributed by atoms with Gasteiger partial charge in [-0.05, 0) is 39.2 Å². The maximum absolute atomic E-state index is 11.9. The molecule has 10 nitrogen and oxygen atoms in total. The average molecular weight is 481 g/mol. The SMILES string of the molecule is CC(=O)N(C)CC(=O)NCCCCCn1nc(C)c2c1CCN(c1cc(C)nc3c1cnn3C)C2. The van der Waals surface area contributed by atoms with Crippen LogP contribution in [0.3, 0.4) is 0 Å². The van der Waals surface area contributed by atoms with Gasteiger partial charge in [0.1, 0.15) is 0 Å². The van der Waals surface area contributed by atoms with Gasteiger partial charge in [0.15, 0.2) is 5.65 Å². The standard InChI is InChI=1S/C25H36N8O2/c1-17-13-23(20-14-27-31(5)25(20)28-17)32-12-9-22-21(15-32)18(2)29-33(22)11-8-6-7-10-26-24(35)16-30(4)19(3)34/h13-14H,6-12,15-16H2,1-5H3,(H,26,35). The van der Waals surface area contributed by atoms with Gasteiger partial charge in [-0.3, -0.25) is 19.0 Å². The molecule has 188 valence electrons. The number of pyridine rings is 1. The molecular weight excluding hydrogens is 444 g/mol. The second-order valence-corrected chi connectivity index (χ2v) is 9.48. The van der Waals surface area contributed by atoms with Gasteiger partial charge >= 0.3 is 0 Å². The van der Waals surface area contributed by atoms with Crippen LogP contribution in [0.1, 0.15) is 48.8 Å². The van der Waals surface area contributed by atoms with Crippen LogP contribution in [0.5, 0.6) is 0 Å². The summed E-state index contributed by atoms with van der Waals surface area (Å²) in [5.41, 5.74) is 6.86. The van der Waals surface area contributed by atoms with E-state index in [4.69, 9.17) is 5.10 Å². The summed E-state index contributed by atoms with van der Waals surface area (Å²) in [6.07, 6.45) is 5.80. The van der Waals surface area contributed by atoms with E-state index in [1.54, 1.807) is 7.05 Å². The summed E-state index contributed by atoms with van der Waals surface area (Å²) < 4.78 is 4.01.